The van der Waals surface area contributed by atoms with Gasteiger partial charge in [0, 0.05) is 33.6 Å². The third-order valence-electron chi connectivity index (χ3n) is 8.08. The lowest BCUT2D eigenvalue weighted by Gasteiger charge is -2.46. The summed E-state index contributed by atoms with van der Waals surface area (Å²) in [5.74, 6) is -1.51. The average Bonchev–Trinajstić information content (AvgIpc) is 3.18. The van der Waals surface area contributed by atoms with Crippen LogP contribution in [0.25, 0.3) is 0 Å². The van der Waals surface area contributed by atoms with Crippen molar-refractivity contribution in [3.63, 3.8) is 0 Å². The van der Waals surface area contributed by atoms with Crippen LogP contribution in [0.3, 0.4) is 0 Å². The lowest BCUT2D eigenvalue weighted by atomic mass is 9.59. The van der Waals surface area contributed by atoms with Crippen LogP contribution in [0, 0.1) is 5.82 Å². The monoisotopic (exact) mass is 602 g/mol. The van der Waals surface area contributed by atoms with Crippen LogP contribution in [0.5, 0.6) is 5.75 Å². The Labute approximate surface area is 240 Å². The normalized spacial score (nSPS) is 25.8. The summed E-state index contributed by atoms with van der Waals surface area (Å²) in [6.07, 6.45) is 0.203. The summed E-state index contributed by atoms with van der Waals surface area (Å²) in [6.45, 7) is 0. The lowest BCUT2D eigenvalue weighted by Crippen LogP contribution is -2.57. The van der Waals surface area contributed by atoms with Crippen molar-refractivity contribution in [2.45, 2.75) is 42.7 Å². The number of piperidine rings is 1. The Morgan fingerprint density at radius 2 is 1.68 bits per heavy atom. The highest BCUT2D eigenvalue weighted by molar-refractivity contribution is 7.91. The number of sulfone groups is 1. The number of amides is 2. The molecule has 3 aliphatic rings. The van der Waals surface area contributed by atoms with Crippen molar-refractivity contribution < 1.29 is 27.1 Å². The second-order valence-electron chi connectivity index (χ2n) is 10.5. The van der Waals surface area contributed by atoms with Crippen LogP contribution in [-0.4, -0.2) is 37.8 Å². The predicted octanol–water partition coefficient (Wildman–Crippen LogP) is 5.32. The van der Waals surface area contributed by atoms with Crippen molar-refractivity contribution >= 4 is 50.5 Å². The number of ether oxygens (including phenoxy) is 1. The summed E-state index contributed by atoms with van der Waals surface area (Å²) in [6, 6.07) is 15.0. The predicted molar refractivity (Wildman–Crippen MR) is 150 cm³/mol. The minimum atomic E-state index is -3.11. The highest BCUT2D eigenvalue weighted by Crippen LogP contribution is 2.58. The number of hydrogen-bond donors (Lipinski definition) is 2. The van der Waals surface area contributed by atoms with E-state index in [2.05, 4.69) is 10.6 Å². The lowest BCUT2D eigenvalue weighted by molar-refractivity contribution is -0.131. The van der Waals surface area contributed by atoms with Crippen molar-refractivity contribution in [2.24, 2.45) is 0 Å². The fourth-order valence-electron chi connectivity index (χ4n) is 6.29. The molecule has 3 aliphatic heterocycles. The molecule has 6 rings (SSSR count). The molecule has 2 fully saturated rings. The molecule has 0 aliphatic carbocycles. The van der Waals surface area contributed by atoms with E-state index in [1.807, 2.05) is 0 Å². The van der Waals surface area contributed by atoms with Gasteiger partial charge in [0.15, 0.2) is 9.84 Å². The third kappa shape index (κ3) is 4.63. The van der Waals surface area contributed by atoms with Gasteiger partial charge in [-0.05, 0) is 66.4 Å². The Morgan fingerprint density at radius 3 is 2.42 bits per heavy atom. The number of carbonyl (C=O) groups excluding carboxylic acids is 2. The van der Waals surface area contributed by atoms with E-state index in [0.29, 0.717) is 51.0 Å². The zero-order valence-corrected chi connectivity index (χ0v) is 23.5. The molecule has 208 valence electrons. The van der Waals surface area contributed by atoms with E-state index in [0.717, 1.165) is 0 Å². The van der Waals surface area contributed by atoms with Gasteiger partial charge < -0.3 is 15.4 Å². The molecule has 11 heteroatoms. The first-order chi connectivity index (χ1) is 19.1. The van der Waals surface area contributed by atoms with Gasteiger partial charge in [-0.25, -0.2) is 12.8 Å². The summed E-state index contributed by atoms with van der Waals surface area (Å²) in [4.78, 5) is 27.5. The average molecular weight is 603 g/mol. The molecule has 3 heterocycles. The number of rotatable bonds is 4. The molecule has 0 unspecified atom stereocenters. The minimum Gasteiger partial charge on any atom is -0.490 e. The van der Waals surface area contributed by atoms with E-state index in [4.69, 9.17) is 27.9 Å². The highest BCUT2D eigenvalue weighted by Gasteiger charge is 2.61. The number of anilines is 1. The fraction of sp³-hybridized carbons (Fsp3) is 0.310. The van der Waals surface area contributed by atoms with Gasteiger partial charge in [-0.15, -0.1) is 0 Å². The van der Waals surface area contributed by atoms with E-state index >= 15 is 0 Å². The van der Waals surface area contributed by atoms with Gasteiger partial charge in [-0.2, -0.15) is 0 Å². The number of nitrogens with one attached hydrogen (secondary N) is 2. The summed E-state index contributed by atoms with van der Waals surface area (Å²) >= 11 is 12.7. The number of benzene rings is 3. The number of hydrogen-bond acceptors (Lipinski definition) is 5. The topological polar surface area (TPSA) is 102 Å². The van der Waals surface area contributed by atoms with E-state index in [1.54, 1.807) is 48.5 Å². The van der Waals surface area contributed by atoms with E-state index < -0.39 is 33.0 Å². The van der Waals surface area contributed by atoms with Gasteiger partial charge in [-0.1, -0.05) is 41.4 Å². The molecular formula is C29H25Cl2FN2O5S. The molecule has 0 aromatic heterocycles. The van der Waals surface area contributed by atoms with Crippen LogP contribution in [-0.2, 0) is 24.8 Å². The molecule has 0 bridgehead atoms. The molecule has 7 nitrogen and oxygen atoms in total. The first-order valence-corrected chi connectivity index (χ1v) is 15.5. The van der Waals surface area contributed by atoms with Crippen molar-refractivity contribution in [3.8, 4) is 5.75 Å². The Morgan fingerprint density at radius 1 is 0.950 bits per heavy atom. The molecular weight excluding hydrogens is 578 g/mol. The Bertz CT molecular complexity index is 1640. The fourth-order valence-corrected chi connectivity index (χ4v) is 8.09. The maximum atomic E-state index is 14.5. The zero-order chi connectivity index (χ0) is 28.2. The molecule has 40 heavy (non-hydrogen) atoms. The summed E-state index contributed by atoms with van der Waals surface area (Å²) in [7, 11) is -3.11. The highest BCUT2D eigenvalue weighted by atomic mass is 35.5. The molecule has 3 atom stereocenters. The van der Waals surface area contributed by atoms with E-state index in [9.17, 15) is 22.4 Å². The number of fused-ring (bicyclic) bond motifs is 2. The van der Waals surface area contributed by atoms with E-state index in [-0.39, 0.29) is 35.8 Å². The molecule has 2 N–H and O–H groups in total. The van der Waals surface area contributed by atoms with Crippen molar-refractivity contribution in [2.75, 3.05) is 16.8 Å². The number of halogens is 3. The molecule has 2 amide bonds. The Kier molecular flexibility index (Phi) is 6.79. The van der Waals surface area contributed by atoms with Crippen molar-refractivity contribution in [1.82, 2.24) is 5.32 Å². The van der Waals surface area contributed by atoms with Crippen LogP contribution >= 0.6 is 23.2 Å². The van der Waals surface area contributed by atoms with Crippen molar-refractivity contribution in [3.05, 3.63) is 93.2 Å². The van der Waals surface area contributed by atoms with Gasteiger partial charge in [0.2, 0.25) is 11.8 Å². The minimum absolute atomic E-state index is 0.0167. The standard InChI is InChI=1S/C29H25Cl2FN2O5S/c30-17-5-7-25(39-20-8-10-40(37,38)11-9-20)21(13-17)27-29(22-6-4-18(31)14-24(22)33-28(29)36)23(15-26(35)34-27)16-2-1-3-19(32)12-16/h1-7,12-14,20,23,27H,8-11,15H2,(H,33,36)(H,34,35)/t23-,27+,29-/m0/s1. The van der Waals surface area contributed by atoms with Crippen LogP contribution < -0.4 is 15.4 Å². The third-order valence-corrected chi connectivity index (χ3v) is 10.3. The van der Waals surface area contributed by atoms with Gasteiger partial charge in [0.05, 0.1) is 17.5 Å². The second kappa shape index (κ2) is 10.0. The maximum absolute atomic E-state index is 14.5. The largest absolute Gasteiger partial charge is 0.490 e. The van der Waals surface area contributed by atoms with Crippen LogP contribution in [0.2, 0.25) is 10.0 Å². The number of carbonyl (C=O) groups is 2. The van der Waals surface area contributed by atoms with E-state index in [1.165, 1.54) is 12.1 Å². The summed E-state index contributed by atoms with van der Waals surface area (Å²) in [5.41, 5.74) is 0.673. The summed E-state index contributed by atoms with van der Waals surface area (Å²) in [5, 5.41) is 6.75. The Balaban J connectivity index is 1.54. The molecule has 3 aromatic rings. The summed E-state index contributed by atoms with van der Waals surface area (Å²) < 4.78 is 44.8. The molecule has 3 aromatic carbocycles. The quantitative estimate of drug-likeness (QED) is 0.420. The molecule has 2 saturated heterocycles. The smallest absolute Gasteiger partial charge is 0.238 e. The first kappa shape index (κ1) is 27.1. The van der Waals surface area contributed by atoms with Crippen LogP contribution in [0.4, 0.5) is 10.1 Å². The maximum Gasteiger partial charge on any atom is 0.238 e. The Hall–Kier alpha value is -3.14. The van der Waals surface area contributed by atoms with Gasteiger partial charge in [0.25, 0.3) is 0 Å². The molecule has 0 saturated carbocycles. The van der Waals surface area contributed by atoms with Crippen LogP contribution in [0.1, 0.15) is 47.9 Å². The van der Waals surface area contributed by atoms with Gasteiger partial charge in [-0.3, -0.25) is 9.59 Å². The first-order valence-electron chi connectivity index (χ1n) is 12.9. The zero-order valence-electron chi connectivity index (χ0n) is 21.1. The SMILES string of the molecule is O=C1C[C@@H](c2cccc(F)c2)[C@]2(C(=O)Nc3cc(Cl)ccc32)[C@@H](c2cc(Cl)ccc2OC2CCS(=O)(=O)CC2)N1. The van der Waals surface area contributed by atoms with Gasteiger partial charge in [0.1, 0.15) is 23.1 Å². The molecule has 1 spiro atoms. The van der Waals surface area contributed by atoms with Crippen molar-refractivity contribution in [1.29, 1.82) is 0 Å². The second-order valence-corrected chi connectivity index (χ2v) is 13.7. The van der Waals surface area contributed by atoms with Crippen LogP contribution in [0.15, 0.2) is 60.7 Å². The molecule has 0 radical (unpaired) electrons. The van der Waals surface area contributed by atoms with Gasteiger partial charge >= 0.3 is 0 Å².